The summed E-state index contributed by atoms with van der Waals surface area (Å²) >= 11 is 0. The van der Waals surface area contributed by atoms with E-state index in [1.54, 1.807) is 30.2 Å². The molecule has 108 valence electrons. The van der Waals surface area contributed by atoms with E-state index in [9.17, 15) is 9.59 Å². The van der Waals surface area contributed by atoms with Crippen LogP contribution >= 0.6 is 0 Å². The third-order valence-electron chi connectivity index (χ3n) is 3.29. The number of carbonyl (C=O) groups excluding carboxylic acids is 2. The zero-order chi connectivity index (χ0) is 14.7. The van der Waals surface area contributed by atoms with E-state index in [2.05, 4.69) is 19.2 Å². The molecule has 0 aliphatic carbocycles. The number of hydrogen-bond acceptors (Lipinski definition) is 4. The Kier molecular flexibility index (Phi) is 4.39. The molecule has 1 aromatic rings. The van der Waals surface area contributed by atoms with E-state index in [1.807, 2.05) is 0 Å². The summed E-state index contributed by atoms with van der Waals surface area (Å²) in [6.45, 7) is 5.49. The van der Waals surface area contributed by atoms with Gasteiger partial charge in [0, 0.05) is 18.7 Å². The largest absolute Gasteiger partial charge is 0.497 e. The van der Waals surface area contributed by atoms with Gasteiger partial charge in [-0.2, -0.15) is 0 Å². The Morgan fingerprint density at radius 1 is 1.30 bits per heavy atom. The van der Waals surface area contributed by atoms with Crippen molar-refractivity contribution in [3.63, 3.8) is 0 Å². The van der Waals surface area contributed by atoms with Gasteiger partial charge in [-0.05, 0) is 25.1 Å². The van der Waals surface area contributed by atoms with Crippen LogP contribution in [0.1, 0.15) is 30.6 Å². The van der Waals surface area contributed by atoms with Crippen LogP contribution in [-0.4, -0.2) is 37.9 Å². The molecule has 0 spiro atoms. The topological polar surface area (TPSA) is 58.6 Å². The van der Waals surface area contributed by atoms with Gasteiger partial charge >= 0.3 is 0 Å². The van der Waals surface area contributed by atoms with Crippen LogP contribution < -0.4 is 15.0 Å². The van der Waals surface area contributed by atoms with Crippen LogP contribution in [0.25, 0.3) is 0 Å². The highest BCUT2D eigenvalue weighted by atomic mass is 16.5. The number of fused-ring (bicyclic) bond motifs is 1. The summed E-state index contributed by atoms with van der Waals surface area (Å²) in [5, 5.41) is 3.29. The van der Waals surface area contributed by atoms with Gasteiger partial charge in [-0.1, -0.05) is 13.8 Å². The minimum absolute atomic E-state index is 0.415. The Morgan fingerprint density at radius 2 is 2.05 bits per heavy atom. The van der Waals surface area contributed by atoms with Gasteiger partial charge < -0.3 is 15.0 Å². The molecule has 0 bridgehead atoms. The van der Waals surface area contributed by atoms with Crippen LogP contribution in [-0.2, 0) is 4.79 Å². The van der Waals surface area contributed by atoms with Crippen molar-refractivity contribution in [3.8, 4) is 5.75 Å². The molecule has 0 aromatic heterocycles. The van der Waals surface area contributed by atoms with E-state index in [4.69, 9.17) is 4.74 Å². The van der Waals surface area contributed by atoms with Gasteiger partial charge in [0.2, 0.25) is 0 Å². The summed E-state index contributed by atoms with van der Waals surface area (Å²) in [5.41, 5.74) is 1.12. The molecule has 1 aliphatic rings. The Morgan fingerprint density at radius 3 is 2.70 bits per heavy atom. The SMILES string of the molecule is COc1ccc2c(c1)N(CCCNC(C)C)C(=O)C2=O. The van der Waals surface area contributed by atoms with Crippen molar-refractivity contribution in [2.75, 3.05) is 25.1 Å². The Hall–Kier alpha value is -1.88. The molecule has 0 saturated heterocycles. The van der Waals surface area contributed by atoms with Gasteiger partial charge in [0.1, 0.15) is 5.75 Å². The first-order valence-electron chi connectivity index (χ1n) is 6.82. The molecule has 0 unspecified atom stereocenters. The number of ketones is 1. The van der Waals surface area contributed by atoms with Crippen LogP contribution in [0.4, 0.5) is 5.69 Å². The number of rotatable bonds is 6. The molecule has 0 fully saturated rings. The fourth-order valence-electron chi connectivity index (χ4n) is 2.25. The first kappa shape index (κ1) is 14.5. The molecule has 1 heterocycles. The number of anilines is 1. The summed E-state index contributed by atoms with van der Waals surface area (Å²) in [5.74, 6) is -0.228. The van der Waals surface area contributed by atoms with Gasteiger partial charge in [-0.3, -0.25) is 9.59 Å². The molecule has 2 rings (SSSR count). The fraction of sp³-hybridized carbons (Fsp3) is 0.467. The van der Waals surface area contributed by atoms with E-state index >= 15 is 0 Å². The lowest BCUT2D eigenvalue weighted by atomic mass is 10.1. The van der Waals surface area contributed by atoms with E-state index < -0.39 is 11.7 Å². The van der Waals surface area contributed by atoms with Crippen molar-refractivity contribution in [3.05, 3.63) is 23.8 Å². The average molecular weight is 276 g/mol. The standard InChI is InChI=1S/C15H20N2O3/c1-10(2)16-7-4-8-17-13-9-11(20-3)5-6-12(13)14(18)15(17)19/h5-6,9-10,16H,4,7-8H2,1-3H3. The van der Waals surface area contributed by atoms with Crippen LogP contribution in [0.2, 0.25) is 0 Å². The minimum Gasteiger partial charge on any atom is -0.497 e. The Labute approximate surface area is 118 Å². The quantitative estimate of drug-likeness (QED) is 0.633. The molecule has 5 nitrogen and oxygen atoms in total. The maximum absolute atomic E-state index is 12.0. The van der Waals surface area contributed by atoms with Gasteiger partial charge in [0.25, 0.3) is 11.7 Å². The second-order valence-electron chi connectivity index (χ2n) is 5.13. The minimum atomic E-state index is -0.446. The predicted molar refractivity (Wildman–Crippen MR) is 77.4 cm³/mol. The highest BCUT2D eigenvalue weighted by Gasteiger charge is 2.35. The first-order valence-corrected chi connectivity index (χ1v) is 6.82. The Bertz CT molecular complexity index is 526. The number of carbonyl (C=O) groups is 2. The Balaban J connectivity index is 2.10. The van der Waals surface area contributed by atoms with Crippen molar-refractivity contribution < 1.29 is 14.3 Å². The van der Waals surface area contributed by atoms with Gasteiger partial charge in [0.05, 0.1) is 18.4 Å². The molecule has 0 radical (unpaired) electrons. The van der Waals surface area contributed by atoms with E-state index in [1.165, 1.54) is 0 Å². The summed E-state index contributed by atoms with van der Waals surface area (Å²) in [7, 11) is 1.57. The fourth-order valence-corrected chi connectivity index (χ4v) is 2.25. The first-order chi connectivity index (χ1) is 9.54. The van der Waals surface area contributed by atoms with Gasteiger partial charge in [-0.15, -0.1) is 0 Å². The van der Waals surface area contributed by atoms with Crippen molar-refractivity contribution in [1.29, 1.82) is 0 Å². The van der Waals surface area contributed by atoms with Gasteiger partial charge in [-0.25, -0.2) is 0 Å². The lowest BCUT2D eigenvalue weighted by Gasteiger charge is -2.17. The second kappa shape index (κ2) is 6.05. The van der Waals surface area contributed by atoms with Crippen LogP contribution in [0.15, 0.2) is 18.2 Å². The van der Waals surface area contributed by atoms with E-state index in [0.29, 0.717) is 29.6 Å². The monoisotopic (exact) mass is 276 g/mol. The van der Waals surface area contributed by atoms with Crippen molar-refractivity contribution in [2.24, 2.45) is 0 Å². The summed E-state index contributed by atoms with van der Waals surface area (Å²) in [6, 6.07) is 5.51. The number of amides is 1. The molecule has 0 atom stereocenters. The summed E-state index contributed by atoms with van der Waals surface area (Å²) in [4.78, 5) is 25.4. The maximum atomic E-state index is 12.0. The average Bonchev–Trinajstić information content (AvgIpc) is 2.67. The molecule has 1 amide bonds. The third-order valence-corrected chi connectivity index (χ3v) is 3.29. The molecule has 0 saturated carbocycles. The number of methoxy groups -OCH3 is 1. The molecule has 1 aliphatic heterocycles. The molecule has 5 heteroatoms. The third kappa shape index (κ3) is 2.82. The van der Waals surface area contributed by atoms with Crippen LogP contribution in [0, 0.1) is 0 Å². The van der Waals surface area contributed by atoms with Crippen molar-refractivity contribution in [1.82, 2.24) is 5.32 Å². The van der Waals surface area contributed by atoms with Crippen molar-refractivity contribution >= 4 is 17.4 Å². The lowest BCUT2D eigenvalue weighted by molar-refractivity contribution is -0.114. The number of Topliss-reactive ketones (excluding diaryl/α,β-unsaturated/α-hetero) is 1. The number of benzene rings is 1. The highest BCUT2D eigenvalue weighted by molar-refractivity contribution is 6.52. The van der Waals surface area contributed by atoms with E-state index in [-0.39, 0.29) is 0 Å². The second-order valence-corrected chi connectivity index (χ2v) is 5.13. The summed E-state index contributed by atoms with van der Waals surface area (Å²) in [6.07, 6.45) is 0.799. The number of nitrogens with zero attached hydrogens (tertiary/aromatic N) is 1. The van der Waals surface area contributed by atoms with Crippen LogP contribution in [0.5, 0.6) is 5.75 Å². The molecular weight excluding hydrogens is 256 g/mol. The number of ether oxygens (including phenoxy) is 1. The van der Waals surface area contributed by atoms with Crippen LogP contribution in [0.3, 0.4) is 0 Å². The zero-order valence-corrected chi connectivity index (χ0v) is 12.1. The number of hydrogen-bond donors (Lipinski definition) is 1. The highest BCUT2D eigenvalue weighted by Crippen LogP contribution is 2.32. The zero-order valence-electron chi connectivity index (χ0n) is 12.1. The van der Waals surface area contributed by atoms with Crippen molar-refractivity contribution in [2.45, 2.75) is 26.3 Å². The predicted octanol–water partition coefficient (Wildman–Crippen LogP) is 1.61. The van der Waals surface area contributed by atoms with E-state index in [0.717, 1.165) is 13.0 Å². The van der Waals surface area contributed by atoms with Gasteiger partial charge in [0.15, 0.2) is 0 Å². The molecule has 1 N–H and O–H groups in total. The lowest BCUT2D eigenvalue weighted by Crippen LogP contribution is -2.33. The smallest absolute Gasteiger partial charge is 0.299 e. The number of nitrogens with one attached hydrogen (secondary N) is 1. The maximum Gasteiger partial charge on any atom is 0.299 e. The normalized spacial score (nSPS) is 14.1. The molecular formula is C15H20N2O3. The molecule has 1 aromatic carbocycles. The summed E-state index contributed by atoms with van der Waals surface area (Å²) < 4.78 is 5.15. The molecule has 20 heavy (non-hydrogen) atoms.